The Hall–Kier alpha value is -0.640. The summed E-state index contributed by atoms with van der Waals surface area (Å²) in [4.78, 5) is 12.9. The largest absolute Gasteiger partial charge is 0.481 e. The molecule has 0 aromatic carbocycles. The average Bonchev–Trinajstić information content (AvgIpc) is 2.45. The number of nitrogens with zero attached hydrogens (tertiary/aromatic N) is 1. The molecule has 0 aromatic heterocycles. The molecule has 76 valence electrons. The second-order valence-corrected chi connectivity index (χ2v) is 3.93. The summed E-state index contributed by atoms with van der Waals surface area (Å²) in [6.07, 6.45) is 1.18. The van der Waals surface area contributed by atoms with Crippen molar-refractivity contribution >= 4 is 5.97 Å². The van der Waals surface area contributed by atoms with Crippen molar-refractivity contribution in [3.8, 4) is 0 Å². The van der Waals surface area contributed by atoms with Crippen LogP contribution in [0.2, 0.25) is 0 Å². The molecule has 1 rings (SSSR count). The van der Waals surface area contributed by atoms with Crippen LogP contribution in [-0.4, -0.2) is 42.3 Å². The van der Waals surface area contributed by atoms with Gasteiger partial charge in [-0.1, -0.05) is 0 Å². The predicted octanol–water partition coefficient (Wildman–Crippen LogP) is 1.14. The molecular formula is C9H16FNO2. The van der Waals surface area contributed by atoms with Crippen molar-refractivity contribution in [2.75, 3.05) is 26.3 Å². The van der Waals surface area contributed by atoms with E-state index < -0.39 is 11.4 Å². The number of carboxylic acid groups (broad SMARTS) is 1. The van der Waals surface area contributed by atoms with E-state index in [1.54, 1.807) is 6.92 Å². The smallest absolute Gasteiger partial charge is 0.310 e. The Morgan fingerprint density at radius 1 is 1.69 bits per heavy atom. The monoisotopic (exact) mass is 189 g/mol. The van der Waals surface area contributed by atoms with E-state index in [0.717, 1.165) is 6.54 Å². The third-order valence-corrected chi connectivity index (χ3v) is 2.68. The lowest BCUT2D eigenvalue weighted by Crippen LogP contribution is -2.32. The molecule has 0 bridgehead atoms. The quantitative estimate of drug-likeness (QED) is 0.721. The minimum atomic E-state index is -0.741. The Morgan fingerprint density at radius 3 is 2.85 bits per heavy atom. The van der Waals surface area contributed by atoms with E-state index >= 15 is 0 Å². The third-order valence-electron chi connectivity index (χ3n) is 2.68. The maximum atomic E-state index is 11.9. The van der Waals surface area contributed by atoms with Crippen molar-refractivity contribution in [2.45, 2.75) is 19.8 Å². The standard InChI is InChI=1S/C9H16FNO2/c1-9(8(12)13)3-6-11(7-9)5-2-4-10/h2-7H2,1H3,(H,12,13). The number of carboxylic acids is 1. The predicted molar refractivity (Wildman–Crippen MR) is 47.4 cm³/mol. The first kappa shape index (κ1) is 10.4. The fourth-order valence-corrected chi connectivity index (χ4v) is 1.71. The molecule has 1 aliphatic rings. The number of hydrogen-bond donors (Lipinski definition) is 1. The van der Waals surface area contributed by atoms with E-state index in [1.807, 2.05) is 4.90 Å². The van der Waals surface area contributed by atoms with E-state index in [1.165, 1.54) is 0 Å². The molecule has 0 saturated carbocycles. The maximum absolute atomic E-state index is 11.9. The van der Waals surface area contributed by atoms with Gasteiger partial charge in [0, 0.05) is 13.1 Å². The highest BCUT2D eigenvalue weighted by Gasteiger charge is 2.39. The number of hydrogen-bond acceptors (Lipinski definition) is 2. The number of halogens is 1. The highest BCUT2D eigenvalue weighted by atomic mass is 19.1. The van der Waals surface area contributed by atoms with Gasteiger partial charge in [-0.25, -0.2) is 0 Å². The van der Waals surface area contributed by atoms with Crippen LogP contribution in [0.4, 0.5) is 4.39 Å². The van der Waals surface area contributed by atoms with Crippen LogP contribution < -0.4 is 0 Å². The molecule has 1 fully saturated rings. The first-order valence-corrected chi connectivity index (χ1v) is 4.60. The lowest BCUT2D eigenvalue weighted by molar-refractivity contribution is -0.147. The van der Waals surface area contributed by atoms with Crippen molar-refractivity contribution < 1.29 is 14.3 Å². The topological polar surface area (TPSA) is 40.5 Å². The summed E-state index contributed by atoms with van der Waals surface area (Å²) in [7, 11) is 0. The fraction of sp³-hybridized carbons (Fsp3) is 0.889. The molecule has 13 heavy (non-hydrogen) atoms. The molecular weight excluding hydrogens is 173 g/mol. The van der Waals surface area contributed by atoms with Crippen molar-refractivity contribution in [2.24, 2.45) is 5.41 Å². The number of likely N-dealkylation sites (tertiary alicyclic amines) is 1. The number of carbonyl (C=O) groups is 1. The van der Waals surface area contributed by atoms with Gasteiger partial charge in [0.25, 0.3) is 0 Å². The van der Waals surface area contributed by atoms with Crippen molar-refractivity contribution in [1.82, 2.24) is 4.90 Å². The molecule has 0 aromatic rings. The molecule has 1 unspecified atom stereocenters. The molecule has 1 atom stereocenters. The van der Waals surface area contributed by atoms with Crippen LogP contribution in [0.5, 0.6) is 0 Å². The maximum Gasteiger partial charge on any atom is 0.310 e. The second-order valence-electron chi connectivity index (χ2n) is 3.93. The van der Waals surface area contributed by atoms with Gasteiger partial charge < -0.3 is 10.0 Å². The van der Waals surface area contributed by atoms with E-state index in [9.17, 15) is 9.18 Å². The summed E-state index contributed by atoms with van der Waals surface area (Å²) < 4.78 is 11.9. The summed E-state index contributed by atoms with van der Waals surface area (Å²) >= 11 is 0. The molecule has 1 saturated heterocycles. The summed E-state index contributed by atoms with van der Waals surface area (Å²) in [5.41, 5.74) is -0.615. The summed E-state index contributed by atoms with van der Waals surface area (Å²) in [5.74, 6) is -0.741. The van der Waals surface area contributed by atoms with Gasteiger partial charge in [-0.3, -0.25) is 9.18 Å². The highest BCUT2D eigenvalue weighted by molar-refractivity contribution is 5.74. The van der Waals surface area contributed by atoms with Crippen molar-refractivity contribution in [3.05, 3.63) is 0 Å². The second kappa shape index (κ2) is 4.05. The number of aliphatic carboxylic acids is 1. The lowest BCUT2D eigenvalue weighted by atomic mass is 9.90. The Labute approximate surface area is 77.5 Å². The Kier molecular flexibility index (Phi) is 3.25. The van der Waals surface area contributed by atoms with Crippen LogP contribution in [0.15, 0.2) is 0 Å². The van der Waals surface area contributed by atoms with Crippen molar-refractivity contribution in [3.63, 3.8) is 0 Å². The zero-order valence-electron chi connectivity index (χ0n) is 7.92. The van der Waals surface area contributed by atoms with Crippen LogP contribution in [0.25, 0.3) is 0 Å². The zero-order chi connectivity index (χ0) is 9.90. The molecule has 0 radical (unpaired) electrons. The minimum Gasteiger partial charge on any atom is -0.481 e. The van der Waals surface area contributed by atoms with E-state index in [-0.39, 0.29) is 6.67 Å². The van der Waals surface area contributed by atoms with E-state index in [0.29, 0.717) is 25.9 Å². The van der Waals surface area contributed by atoms with Gasteiger partial charge in [0.1, 0.15) is 0 Å². The van der Waals surface area contributed by atoms with Gasteiger partial charge in [0.15, 0.2) is 0 Å². The SMILES string of the molecule is CC1(C(=O)O)CCN(CCCF)C1. The first-order valence-electron chi connectivity index (χ1n) is 4.60. The zero-order valence-corrected chi connectivity index (χ0v) is 7.92. The third kappa shape index (κ3) is 2.40. The summed E-state index contributed by atoms with van der Waals surface area (Å²) in [6.45, 7) is 3.45. The Bertz CT molecular complexity index is 198. The Balaban J connectivity index is 2.39. The first-order chi connectivity index (χ1) is 6.08. The molecule has 0 aliphatic carbocycles. The molecule has 3 nitrogen and oxygen atoms in total. The number of alkyl halides is 1. The van der Waals surface area contributed by atoms with Crippen LogP contribution in [0, 0.1) is 5.41 Å². The Morgan fingerprint density at radius 2 is 2.38 bits per heavy atom. The van der Waals surface area contributed by atoms with Gasteiger partial charge in [-0.15, -0.1) is 0 Å². The summed E-state index contributed by atoms with van der Waals surface area (Å²) in [5, 5.41) is 8.91. The van der Waals surface area contributed by atoms with E-state index in [4.69, 9.17) is 5.11 Å². The normalized spacial score (nSPS) is 29.4. The lowest BCUT2D eigenvalue weighted by Gasteiger charge is -2.19. The van der Waals surface area contributed by atoms with Crippen LogP contribution >= 0.6 is 0 Å². The average molecular weight is 189 g/mol. The van der Waals surface area contributed by atoms with Crippen molar-refractivity contribution in [1.29, 1.82) is 0 Å². The molecule has 0 amide bonds. The molecule has 1 aliphatic heterocycles. The highest BCUT2D eigenvalue weighted by Crippen LogP contribution is 2.29. The van der Waals surface area contributed by atoms with Gasteiger partial charge in [-0.2, -0.15) is 0 Å². The molecule has 1 N–H and O–H groups in total. The van der Waals surface area contributed by atoms with Crippen LogP contribution in [0.1, 0.15) is 19.8 Å². The molecule has 4 heteroatoms. The van der Waals surface area contributed by atoms with Gasteiger partial charge in [0.2, 0.25) is 0 Å². The molecule has 0 spiro atoms. The number of rotatable bonds is 4. The van der Waals surface area contributed by atoms with Gasteiger partial charge in [0.05, 0.1) is 12.1 Å². The van der Waals surface area contributed by atoms with Gasteiger partial charge >= 0.3 is 5.97 Å². The van der Waals surface area contributed by atoms with E-state index in [2.05, 4.69) is 0 Å². The summed E-state index contributed by atoms with van der Waals surface area (Å²) in [6, 6.07) is 0. The van der Waals surface area contributed by atoms with Crippen LogP contribution in [-0.2, 0) is 4.79 Å². The minimum absolute atomic E-state index is 0.319. The fourth-order valence-electron chi connectivity index (χ4n) is 1.71. The van der Waals surface area contributed by atoms with Gasteiger partial charge in [-0.05, 0) is 26.3 Å². The molecule has 1 heterocycles. The van der Waals surface area contributed by atoms with Crippen LogP contribution in [0.3, 0.4) is 0 Å².